The van der Waals surface area contributed by atoms with Crippen molar-refractivity contribution in [3.63, 3.8) is 0 Å². The molecule has 0 aliphatic heterocycles. The summed E-state index contributed by atoms with van der Waals surface area (Å²) in [5.41, 5.74) is 2.18. The van der Waals surface area contributed by atoms with E-state index in [2.05, 4.69) is 10.3 Å². The lowest BCUT2D eigenvalue weighted by molar-refractivity contribution is -0.131. The van der Waals surface area contributed by atoms with E-state index in [0.29, 0.717) is 22.4 Å². The number of nitrogens with zero attached hydrogens (tertiary/aromatic N) is 1. The summed E-state index contributed by atoms with van der Waals surface area (Å²) in [5.74, 6) is -1.25. The van der Waals surface area contributed by atoms with E-state index >= 15 is 0 Å². The Labute approximate surface area is 160 Å². The summed E-state index contributed by atoms with van der Waals surface area (Å²) in [6.07, 6.45) is 0. The number of carbonyl (C=O) groups is 3. The number of imide groups is 1. The molecule has 0 unspecified atom stereocenters. The third-order valence-corrected chi connectivity index (χ3v) is 3.78. The number of amides is 2. The molecule has 28 heavy (non-hydrogen) atoms. The molecule has 0 fully saturated rings. The predicted octanol–water partition coefficient (Wildman–Crippen LogP) is 3.18. The molecule has 142 valence electrons. The molecular weight excluding hydrogens is 360 g/mol. The fourth-order valence-corrected chi connectivity index (χ4v) is 2.54. The molecule has 3 rings (SSSR count). The molecule has 0 aliphatic carbocycles. The van der Waals surface area contributed by atoms with Crippen molar-refractivity contribution in [1.82, 2.24) is 5.32 Å². The Morgan fingerprint density at radius 2 is 1.71 bits per heavy atom. The number of esters is 1. The lowest BCUT2D eigenvalue weighted by Gasteiger charge is -2.06. The smallest absolute Gasteiger partial charge is 0.308 e. The number of hydrogen-bond acceptors (Lipinski definition) is 6. The molecule has 0 radical (unpaired) electrons. The number of fused-ring (bicyclic) bond motifs is 1. The van der Waals surface area contributed by atoms with Crippen LogP contribution in [-0.2, 0) is 9.59 Å². The Bertz CT molecular complexity index is 1140. The summed E-state index contributed by atoms with van der Waals surface area (Å²) in [6.45, 7) is 4.50. The molecule has 0 saturated heterocycles. The second-order valence-electron chi connectivity index (χ2n) is 6.22. The number of ether oxygens (including phenoxy) is 1. The van der Waals surface area contributed by atoms with E-state index in [1.54, 1.807) is 30.3 Å². The third kappa shape index (κ3) is 4.50. The number of rotatable bonds is 3. The first-order valence-corrected chi connectivity index (χ1v) is 8.51. The lowest BCUT2D eigenvalue weighted by Crippen LogP contribution is -2.32. The van der Waals surface area contributed by atoms with Crippen molar-refractivity contribution < 1.29 is 23.5 Å². The Morgan fingerprint density at radius 1 is 1.00 bits per heavy atom. The van der Waals surface area contributed by atoms with Crippen LogP contribution in [0.15, 0.2) is 57.9 Å². The van der Waals surface area contributed by atoms with Crippen LogP contribution in [0.3, 0.4) is 0 Å². The molecule has 7 nitrogen and oxygen atoms in total. The summed E-state index contributed by atoms with van der Waals surface area (Å²) < 4.78 is 10.9. The monoisotopic (exact) mass is 378 g/mol. The van der Waals surface area contributed by atoms with Crippen LogP contribution >= 0.6 is 0 Å². The van der Waals surface area contributed by atoms with Crippen molar-refractivity contribution in [3.05, 3.63) is 65.2 Å². The normalized spacial score (nSPS) is 11.3. The number of hydrogen-bond donors (Lipinski definition) is 1. The van der Waals surface area contributed by atoms with Crippen LogP contribution in [0.4, 0.5) is 5.69 Å². The summed E-state index contributed by atoms with van der Waals surface area (Å²) in [7, 11) is 0. The Balaban J connectivity index is 2.20. The zero-order chi connectivity index (χ0) is 20.3. The van der Waals surface area contributed by atoms with Crippen LogP contribution in [0.25, 0.3) is 11.0 Å². The van der Waals surface area contributed by atoms with Gasteiger partial charge in [0.25, 0.3) is 5.91 Å². The molecule has 1 heterocycles. The highest BCUT2D eigenvalue weighted by atomic mass is 16.5. The highest BCUT2D eigenvalue weighted by molar-refractivity contribution is 6.05. The minimum atomic E-state index is -0.618. The molecule has 1 N–H and O–H groups in total. The van der Waals surface area contributed by atoms with Gasteiger partial charge in [-0.1, -0.05) is 17.7 Å². The van der Waals surface area contributed by atoms with Gasteiger partial charge in [0.2, 0.25) is 11.5 Å². The van der Waals surface area contributed by atoms with Gasteiger partial charge in [0, 0.05) is 25.3 Å². The van der Waals surface area contributed by atoms with Crippen molar-refractivity contribution in [2.45, 2.75) is 20.8 Å². The average molecular weight is 378 g/mol. The second-order valence-corrected chi connectivity index (χ2v) is 6.22. The van der Waals surface area contributed by atoms with Crippen LogP contribution in [0, 0.1) is 6.92 Å². The van der Waals surface area contributed by atoms with E-state index in [4.69, 9.17) is 9.15 Å². The predicted molar refractivity (Wildman–Crippen MR) is 102 cm³/mol. The Morgan fingerprint density at radius 3 is 2.36 bits per heavy atom. The van der Waals surface area contributed by atoms with Gasteiger partial charge in [0.1, 0.15) is 16.9 Å². The van der Waals surface area contributed by atoms with E-state index in [-0.39, 0.29) is 11.1 Å². The van der Waals surface area contributed by atoms with Crippen molar-refractivity contribution in [1.29, 1.82) is 0 Å². The van der Waals surface area contributed by atoms with Crippen LogP contribution in [-0.4, -0.2) is 17.8 Å². The van der Waals surface area contributed by atoms with Crippen molar-refractivity contribution in [2.75, 3.05) is 0 Å². The van der Waals surface area contributed by atoms with Gasteiger partial charge in [0.05, 0.1) is 5.69 Å². The molecule has 0 spiro atoms. The number of nitrogens with one attached hydrogen (secondary N) is 1. The van der Waals surface area contributed by atoms with Gasteiger partial charge in [-0.15, -0.1) is 0 Å². The zero-order valence-electron chi connectivity index (χ0n) is 15.6. The molecule has 0 atom stereocenters. The van der Waals surface area contributed by atoms with E-state index < -0.39 is 17.8 Å². The van der Waals surface area contributed by atoms with Gasteiger partial charge >= 0.3 is 5.97 Å². The second kappa shape index (κ2) is 7.87. The first kappa shape index (κ1) is 19.0. The maximum atomic E-state index is 12.5. The third-order valence-electron chi connectivity index (χ3n) is 3.78. The first-order valence-electron chi connectivity index (χ1n) is 8.51. The fraction of sp³-hybridized carbons (Fsp3) is 0.143. The minimum absolute atomic E-state index is 0.0371. The van der Waals surface area contributed by atoms with Crippen molar-refractivity contribution in [2.24, 2.45) is 4.99 Å². The molecule has 2 amide bonds. The highest BCUT2D eigenvalue weighted by Crippen LogP contribution is 2.21. The first-order chi connectivity index (χ1) is 13.3. The average Bonchev–Trinajstić information content (AvgIpc) is 2.62. The van der Waals surface area contributed by atoms with Crippen LogP contribution in [0.1, 0.15) is 29.8 Å². The quantitative estimate of drug-likeness (QED) is 0.558. The fourth-order valence-electron chi connectivity index (χ4n) is 2.54. The van der Waals surface area contributed by atoms with Crippen molar-refractivity contribution in [3.8, 4) is 5.75 Å². The summed E-state index contributed by atoms with van der Waals surface area (Å²) in [6, 6.07) is 13.7. The van der Waals surface area contributed by atoms with Gasteiger partial charge in [-0.05, 0) is 37.3 Å². The Kier molecular flexibility index (Phi) is 5.35. The van der Waals surface area contributed by atoms with Gasteiger partial charge in [-0.2, -0.15) is 0 Å². The zero-order valence-corrected chi connectivity index (χ0v) is 15.6. The SMILES string of the molecule is CC(=O)NC(=O)c1cc2ccc(OC(C)=O)cc2oc1=Nc1ccc(C)cc1. The van der Waals surface area contributed by atoms with E-state index in [1.807, 2.05) is 19.1 Å². The minimum Gasteiger partial charge on any atom is -0.437 e. The number of benzene rings is 2. The van der Waals surface area contributed by atoms with Crippen molar-refractivity contribution >= 4 is 34.4 Å². The van der Waals surface area contributed by atoms with Crippen LogP contribution in [0.2, 0.25) is 0 Å². The standard InChI is InChI=1S/C21H18N2O5/c1-12-4-7-16(8-5-12)23-21-18(20(26)22-13(2)24)10-15-6-9-17(27-14(3)25)11-19(15)28-21/h4-11H,1-3H3,(H,22,24,26). The van der Waals surface area contributed by atoms with Crippen LogP contribution in [0.5, 0.6) is 5.75 Å². The molecule has 3 aromatic rings. The highest BCUT2D eigenvalue weighted by Gasteiger charge is 2.14. The van der Waals surface area contributed by atoms with Gasteiger partial charge in [0.15, 0.2) is 0 Å². The molecule has 0 aliphatic rings. The van der Waals surface area contributed by atoms with E-state index in [0.717, 1.165) is 5.56 Å². The number of aryl methyl sites for hydroxylation is 1. The van der Waals surface area contributed by atoms with Gasteiger partial charge < -0.3 is 9.15 Å². The van der Waals surface area contributed by atoms with Gasteiger partial charge in [-0.3, -0.25) is 19.7 Å². The molecule has 7 heteroatoms. The molecule has 1 aromatic heterocycles. The summed E-state index contributed by atoms with van der Waals surface area (Å²) in [4.78, 5) is 39.3. The maximum absolute atomic E-state index is 12.5. The molecule has 0 saturated carbocycles. The molecular formula is C21H18N2O5. The maximum Gasteiger partial charge on any atom is 0.308 e. The van der Waals surface area contributed by atoms with Gasteiger partial charge in [-0.25, -0.2) is 4.99 Å². The Hall–Kier alpha value is -3.74. The lowest BCUT2D eigenvalue weighted by atomic mass is 10.1. The van der Waals surface area contributed by atoms with E-state index in [9.17, 15) is 14.4 Å². The number of carbonyl (C=O) groups excluding carboxylic acids is 3. The summed E-state index contributed by atoms with van der Waals surface area (Å²) >= 11 is 0. The van der Waals surface area contributed by atoms with Crippen LogP contribution < -0.4 is 15.6 Å². The summed E-state index contributed by atoms with van der Waals surface area (Å²) in [5, 5.41) is 2.82. The topological polar surface area (TPSA) is 98.0 Å². The molecule has 2 aromatic carbocycles. The van der Waals surface area contributed by atoms with E-state index in [1.165, 1.54) is 19.9 Å². The molecule has 0 bridgehead atoms. The largest absolute Gasteiger partial charge is 0.437 e.